The molecule has 3 heteroatoms. The monoisotopic (exact) mass is 191 g/mol. The van der Waals surface area contributed by atoms with Crippen molar-refractivity contribution in [2.45, 2.75) is 6.17 Å². The van der Waals surface area contributed by atoms with Crippen molar-refractivity contribution in [3.8, 4) is 0 Å². The summed E-state index contributed by atoms with van der Waals surface area (Å²) < 4.78 is 12.6. The van der Waals surface area contributed by atoms with Crippen molar-refractivity contribution < 1.29 is 4.39 Å². The minimum absolute atomic E-state index is 0.319. The second-order valence-electron chi connectivity index (χ2n) is 2.13. The maximum atomic E-state index is 12.6. The Hall–Kier alpha value is -0.270. The van der Waals surface area contributed by atoms with Gasteiger partial charge in [-0.05, 0) is 19.1 Å². The van der Waals surface area contributed by atoms with E-state index in [1.54, 1.807) is 6.07 Å². The summed E-state index contributed by atoms with van der Waals surface area (Å²) in [4.78, 5) is 0. The van der Waals surface area contributed by atoms with Gasteiger partial charge in [0.15, 0.2) is 0 Å². The molecule has 1 radical (unpaired) electrons. The van der Waals surface area contributed by atoms with Gasteiger partial charge in [-0.15, -0.1) is 0 Å². The van der Waals surface area contributed by atoms with Crippen molar-refractivity contribution in [3.05, 3.63) is 40.7 Å². The second kappa shape index (κ2) is 3.42. The lowest BCUT2D eigenvalue weighted by molar-refractivity contribution is 0.411. The molecule has 1 atom stereocenters. The first-order valence-electron chi connectivity index (χ1n) is 3.03. The Balaban J connectivity index is 3.09. The molecule has 0 bridgehead atoms. The molecule has 0 saturated heterocycles. The molecular formula is C8H6Cl2F. The van der Waals surface area contributed by atoms with Crippen LogP contribution in [0.5, 0.6) is 0 Å². The van der Waals surface area contributed by atoms with Crippen molar-refractivity contribution in [1.82, 2.24) is 0 Å². The van der Waals surface area contributed by atoms with Gasteiger partial charge in [-0.1, -0.05) is 29.3 Å². The third-order valence-electron chi connectivity index (χ3n) is 1.30. The average Bonchev–Trinajstić information content (AvgIpc) is 1.85. The van der Waals surface area contributed by atoms with Crippen LogP contribution >= 0.6 is 23.2 Å². The van der Waals surface area contributed by atoms with Crippen LogP contribution in [0.4, 0.5) is 4.39 Å². The first kappa shape index (κ1) is 8.82. The van der Waals surface area contributed by atoms with Gasteiger partial charge in [0.1, 0.15) is 6.17 Å². The molecule has 59 valence electrons. The molecule has 1 unspecified atom stereocenters. The van der Waals surface area contributed by atoms with Crippen molar-refractivity contribution in [2.75, 3.05) is 0 Å². The second-order valence-corrected chi connectivity index (χ2v) is 2.98. The van der Waals surface area contributed by atoms with Crippen LogP contribution in [0.25, 0.3) is 0 Å². The highest BCUT2D eigenvalue weighted by Crippen LogP contribution is 2.27. The fraction of sp³-hybridized carbons (Fsp3) is 0.125. The predicted molar refractivity (Wildman–Crippen MR) is 45.7 cm³/mol. The molecule has 0 N–H and O–H groups in total. The fourth-order valence-electron chi connectivity index (χ4n) is 0.756. The molecule has 0 saturated carbocycles. The first-order chi connectivity index (χ1) is 5.11. The van der Waals surface area contributed by atoms with E-state index in [1.807, 2.05) is 0 Å². The molecule has 1 aromatic rings. The highest BCUT2D eigenvalue weighted by Gasteiger charge is 2.07. The smallest absolute Gasteiger partial charge is 0.127 e. The maximum absolute atomic E-state index is 12.6. The molecule has 11 heavy (non-hydrogen) atoms. The summed E-state index contributed by atoms with van der Waals surface area (Å²) >= 11 is 11.3. The molecule has 0 fully saturated rings. The van der Waals surface area contributed by atoms with E-state index in [-0.39, 0.29) is 0 Å². The Labute approximate surface area is 74.9 Å². The summed E-state index contributed by atoms with van der Waals surface area (Å²) in [6.07, 6.45) is -1.29. The van der Waals surface area contributed by atoms with E-state index < -0.39 is 6.17 Å². The molecule has 1 aromatic carbocycles. The topological polar surface area (TPSA) is 0 Å². The zero-order chi connectivity index (χ0) is 8.43. The minimum atomic E-state index is -1.29. The number of hydrogen-bond donors (Lipinski definition) is 0. The third kappa shape index (κ3) is 2.08. The van der Waals surface area contributed by atoms with Crippen LogP contribution in [0, 0.1) is 6.92 Å². The maximum Gasteiger partial charge on any atom is 0.127 e. The summed E-state index contributed by atoms with van der Waals surface area (Å²) in [6.45, 7) is 3.21. The van der Waals surface area contributed by atoms with E-state index in [9.17, 15) is 4.39 Å². The van der Waals surface area contributed by atoms with Gasteiger partial charge in [0, 0.05) is 15.6 Å². The van der Waals surface area contributed by atoms with Crippen LogP contribution in [0.2, 0.25) is 10.0 Å². The Kier molecular flexibility index (Phi) is 2.74. The Bertz CT molecular complexity index is 258. The van der Waals surface area contributed by atoms with Gasteiger partial charge in [0.05, 0.1) is 0 Å². The summed E-state index contributed by atoms with van der Waals surface area (Å²) in [6, 6.07) is 4.61. The van der Waals surface area contributed by atoms with E-state index in [4.69, 9.17) is 23.2 Å². The quantitative estimate of drug-likeness (QED) is 0.634. The van der Waals surface area contributed by atoms with Gasteiger partial charge >= 0.3 is 0 Å². The lowest BCUT2D eigenvalue weighted by Gasteiger charge is -2.03. The van der Waals surface area contributed by atoms with Crippen molar-refractivity contribution in [2.24, 2.45) is 0 Å². The van der Waals surface area contributed by atoms with Crippen LogP contribution in [-0.2, 0) is 0 Å². The van der Waals surface area contributed by atoms with Crippen molar-refractivity contribution >= 4 is 23.2 Å². The zero-order valence-corrected chi connectivity index (χ0v) is 7.16. The highest BCUT2D eigenvalue weighted by atomic mass is 35.5. The summed E-state index contributed by atoms with van der Waals surface area (Å²) in [7, 11) is 0. The first-order valence-corrected chi connectivity index (χ1v) is 3.79. The van der Waals surface area contributed by atoms with Crippen LogP contribution in [-0.4, -0.2) is 0 Å². The van der Waals surface area contributed by atoms with Gasteiger partial charge in [0.2, 0.25) is 0 Å². The summed E-state index contributed by atoms with van der Waals surface area (Å²) in [5.41, 5.74) is 0.371. The lowest BCUT2D eigenvalue weighted by Crippen LogP contribution is -1.86. The largest absolute Gasteiger partial charge is 0.242 e. The molecule has 0 spiro atoms. The number of benzene rings is 1. The van der Waals surface area contributed by atoms with Crippen LogP contribution < -0.4 is 0 Å². The minimum Gasteiger partial charge on any atom is -0.242 e. The lowest BCUT2D eigenvalue weighted by atomic mass is 10.1. The molecule has 0 amide bonds. The Morgan fingerprint density at radius 1 is 1.36 bits per heavy atom. The van der Waals surface area contributed by atoms with E-state index >= 15 is 0 Å². The SMILES string of the molecule is [CH2]C(F)c1ccc(Cl)cc1Cl. The predicted octanol–water partition coefficient (Wildman–Crippen LogP) is 3.84. The Morgan fingerprint density at radius 2 is 2.00 bits per heavy atom. The van der Waals surface area contributed by atoms with Crippen LogP contribution in [0.3, 0.4) is 0 Å². The summed E-state index contributed by atoms with van der Waals surface area (Å²) in [5, 5.41) is 0.819. The molecule has 0 aliphatic carbocycles. The van der Waals surface area contributed by atoms with Gasteiger partial charge in [-0.2, -0.15) is 0 Å². The average molecular weight is 192 g/mol. The van der Waals surface area contributed by atoms with Crippen LogP contribution in [0.15, 0.2) is 18.2 Å². The van der Waals surface area contributed by atoms with E-state index in [0.717, 1.165) is 0 Å². The highest BCUT2D eigenvalue weighted by molar-refractivity contribution is 6.35. The van der Waals surface area contributed by atoms with Gasteiger partial charge < -0.3 is 0 Å². The standard InChI is InChI=1S/C8H6Cl2F/c1-5(11)7-3-2-6(9)4-8(7)10/h2-5H,1H2. The van der Waals surface area contributed by atoms with Crippen molar-refractivity contribution in [3.63, 3.8) is 0 Å². The third-order valence-corrected chi connectivity index (χ3v) is 1.86. The van der Waals surface area contributed by atoms with E-state index in [1.165, 1.54) is 12.1 Å². The van der Waals surface area contributed by atoms with Crippen molar-refractivity contribution in [1.29, 1.82) is 0 Å². The normalized spacial score (nSPS) is 13.1. The van der Waals surface area contributed by atoms with Gasteiger partial charge in [0.25, 0.3) is 0 Å². The zero-order valence-electron chi connectivity index (χ0n) is 5.65. The number of halogens is 3. The number of alkyl halides is 1. The van der Waals surface area contributed by atoms with Gasteiger partial charge in [-0.25, -0.2) is 4.39 Å². The fourth-order valence-corrected chi connectivity index (χ4v) is 1.28. The summed E-state index contributed by atoms with van der Waals surface area (Å²) in [5.74, 6) is 0. The Morgan fingerprint density at radius 3 is 2.45 bits per heavy atom. The van der Waals surface area contributed by atoms with E-state index in [0.29, 0.717) is 15.6 Å². The molecule has 1 rings (SSSR count). The molecule has 0 aromatic heterocycles. The van der Waals surface area contributed by atoms with E-state index in [2.05, 4.69) is 6.92 Å². The molecule has 0 heterocycles. The molecule has 0 aliphatic rings. The molecule has 0 aliphatic heterocycles. The van der Waals surface area contributed by atoms with Crippen LogP contribution in [0.1, 0.15) is 11.7 Å². The van der Waals surface area contributed by atoms with Gasteiger partial charge in [-0.3, -0.25) is 0 Å². The number of hydrogen-bond acceptors (Lipinski definition) is 0. The molecular weight excluding hydrogens is 186 g/mol. The number of rotatable bonds is 1. The molecule has 0 nitrogen and oxygen atoms in total.